The maximum Gasteiger partial charge on any atom is 0.228 e. The van der Waals surface area contributed by atoms with Crippen molar-refractivity contribution in [3.8, 4) is 0 Å². The van der Waals surface area contributed by atoms with Crippen molar-refractivity contribution in [3.05, 3.63) is 71.8 Å². The van der Waals surface area contributed by atoms with E-state index in [0.29, 0.717) is 23.3 Å². The summed E-state index contributed by atoms with van der Waals surface area (Å²) < 4.78 is 51.6. The lowest BCUT2D eigenvalue weighted by Gasteiger charge is -2.22. The van der Waals surface area contributed by atoms with Crippen LogP contribution in [-0.2, 0) is 31.6 Å². The molecule has 0 aliphatic carbocycles. The average Bonchev–Trinajstić information content (AvgIpc) is 2.55. The minimum Gasteiger partial charge on any atom is -0.211 e. The van der Waals surface area contributed by atoms with Gasteiger partial charge < -0.3 is 0 Å². The molecule has 0 unspecified atom stereocenters. The van der Waals surface area contributed by atoms with Crippen LogP contribution in [0, 0.1) is 0 Å². The third kappa shape index (κ3) is 5.82. The van der Waals surface area contributed by atoms with E-state index in [1.54, 1.807) is 60.7 Å². The van der Waals surface area contributed by atoms with Gasteiger partial charge in [-0.05, 0) is 11.1 Å². The molecule has 136 valence electrons. The first-order valence-electron chi connectivity index (χ1n) is 7.40. The van der Waals surface area contributed by atoms with Gasteiger partial charge in [0.05, 0.1) is 11.5 Å². The van der Waals surface area contributed by atoms with E-state index < -0.39 is 20.0 Å². The molecule has 0 fully saturated rings. The van der Waals surface area contributed by atoms with Crippen LogP contribution in [-0.4, -0.2) is 38.4 Å². The van der Waals surface area contributed by atoms with E-state index in [9.17, 15) is 16.8 Å². The van der Waals surface area contributed by atoms with Gasteiger partial charge in [-0.2, -0.15) is 0 Å². The molecule has 9 heteroatoms. The van der Waals surface area contributed by atoms with Crippen molar-refractivity contribution < 1.29 is 16.8 Å². The number of sulfonamides is 2. The summed E-state index contributed by atoms with van der Waals surface area (Å²) in [5.41, 5.74) is 1.29. The standard InChI is InChI=1S/C16H20N2O4S3/c1-17(24(19,20)13-15-9-5-3-6-10-15)23-18(2)25(21,22)14-16-11-7-4-8-12-16/h3-12H,13-14H2,1-2H3. The summed E-state index contributed by atoms with van der Waals surface area (Å²) in [5, 5.41) is 0. The smallest absolute Gasteiger partial charge is 0.211 e. The van der Waals surface area contributed by atoms with E-state index in [4.69, 9.17) is 0 Å². The first kappa shape index (κ1) is 19.9. The zero-order valence-corrected chi connectivity index (χ0v) is 16.4. The predicted molar refractivity (Wildman–Crippen MR) is 101 cm³/mol. The van der Waals surface area contributed by atoms with E-state index in [0.717, 1.165) is 7.42 Å². The van der Waals surface area contributed by atoms with Crippen LogP contribution in [0.3, 0.4) is 0 Å². The Hall–Kier alpha value is -1.39. The average molecular weight is 401 g/mol. The largest absolute Gasteiger partial charge is 0.228 e. The molecule has 0 amide bonds. The van der Waals surface area contributed by atoms with E-state index in [1.165, 1.54) is 14.1 Å². The molecule has 2 rings (SSSR count). The Kier molecular flexibility index (Phi) is 6.64. The third-order valence-electron chi connectivity index (χ3n) is 3.40. The second-order valence-electron chi connectivity index (χ2n) is 5.38. The van der Waals surface area contributed by atoms with Crippen molar-refractivity contribution in [2.24, 2.45) is 0 Å². The Morgan fingerprint density at radius 1 is 0.680 bits per heavy atom. The second-order valence-corrected chi connectivity index (χ2v) is 11.1. The van der Waals surface area contributed by atoms with Crippen molar-refractivity contribution >= 4 is 32.2 Å². The molecule has 25 heavy (non-hydrogen) atoms. The van der Waals surface area contributed by atoms with Crippen molar-refractivity contribution in [3.63, 3.8) is 0 Å². The number of nitrogens with zero attached hydrogens (tertiary/aromatic N) is 2. The molecule has 0 heterocycles. The van der Waals surface area contributed by atoms with E-state index in [-0.39, 0.29) is 11.5 Å². The number of rotatable bonds is 8. The van der Waals surface area contributed by atoms with Crippen LogP contribution in [0.1, 0.15) is 11.1 Å². The van der Waals surface area contributed by atoms with Gasteiger partial charge in [-0.15, -0.1) is 7.42 Å². The Labute approximate surface area is 153 Å². The third-order valence-corrected chi connectivity index (χ3v) is 8.58. The highest BCUT2D eigenvalue weighted by molar-refractivity contribution is 8.12. The van der Waals surface area contributed by atoms with E-state index in [1.807, 2.05) is 0 Å². The summed E-state index contributed by atoms with van der Waals surface area (Å²) in [5.74, 6) is -0.381. The highest BCUT2D eigenvalue weighted by Crippen LogP contribution is 2.24. The molecule has 0 aliphatic rings. The summed E-state index contributed by atoms with van der Waals surface area (Å²) in [7, 11) is -4.61. The maximum absolute atomic E-state index is 12.4. The zero-order chi connectivity index (χ0) is 18.5. The monoisotopic (exact) mass is 400 g/mol. The van der Waals surface area contributed by atoms with Gasteiger partial charge in [0.1, 0.15) is 0 Å². The van der Waals surface area contributed by atoms with Crippen LogP contribution >= 0.6 is 12.1 Å². The minimum atomic E-state index is -3.65. The Morgan fingerprint density at radius 3 is 1.32 bits per heavy atom. The first-order valence-corrected chi connectivity index (χ1v) is 11.3. The fourth-order valence-electron chi connectivity index (χ4n) is 2.02. The Balaban J connectivity index is 2.04. The van der Waals surface area contributed by atoms with Gasteiger partial charge in [-0.3, -0.25) is 0 Å². The van der Waals surface area contributed by atoms with Crippen molar-refractivity contribution in [1.82, 2.24) is 7.42 Å². The van der Waals surface area contributed by atoms with Gasteiger partial charge in [0.15, 0.2) is 0 Å². The van der Waals surface area contributed by atoms with Gasteiger partial charge in [0.25, 0.3) is 0 Å². The molecule has 2 aromatic carbocycles. The molecule has 0 aliphatic heterocycles. The highest BCUT2D eigenvalue weighted by Gasteiger charge is 2.26. The topological polar surface area (TPSA) is 74.8 Å². The van der Waals surface area contributed by atoms with Crippen LogP contribution in [0.4, 0.5) is 0 Å². The minimum absolute atomic E-state index is 0.191. The molecule has 0 N–H and O–H groups in total. The zero-order valence-electron chi connectivity index (χ0n) is 13.9. The fraction of sp³-hybridized carbons (Fsp3) is 0.250. The summed E-state index contributed by atoms with van der Waals surface area (Å²) in [6.07, 6.45) is 0. The lowest BCUT2D eigenvalue weighted by atomic mass is 10.2. The number of hydrogen-bond donors (Lipinski definition) is 0. The molecule has 0 saturated carbocycles. The maximum atomic E-state index is 12.4. The van der Waals surface area contributed by atoms with Crippen LogP contribution in [0.2, 0.25) is 0 Å². The Morgan fingerprint density at radius 2 is 1.00 bits per heavy atom. The lowest BCUT2D eigenvalue weighted by Crippen LogP contribution is -2.30. The van der Waals surface area contributed by atoms with Crippen LogP contribution < -0.4 is 0 Å². The van der Waals surface area contributed by atoms with Gasteiger partial charge in [0, 0.05) is 26.2 Å². The molecule has 0 atom stereocenters. The molecule has 2 aromatic rings. The number of hydrogen-bond acceptors (Lipinski definition) is 5. The Bertz CT molecular complexity index is 810. The molecule has 6 nitrogen and oxygen atoms in total. The van der Waals surface area contributed by atoms with Crippen LogP contribution in [0.25, 0.3) is 0 Å². The van der Waals surface area contributed by atoms with Gasteiger partial charge in [-0.1, -0.05) is 60.7 Å². The molecular weight excluding hydrogens is 380 g/mol. The first-order chi connectivity index (χ1) is 11.7. The summed E-state index contributed by atoms with van der Waals surface area (Å²) in [6.45, 7) is 0. The van der Waals surface area contributed by atoms with Crippen LogP contribution in [0.15, 0.2) is 60.7 Å². The summed E-state index contributed by atoms with van der Waals surface area (Å²) in [6, 6.07) is 17.5. The fourth-order valence-corrected chi connectivity index (χ4v) is 5.79. The molecule has 0 radical (unpaired) electrons. The van der Waals surface area contributed by atoms with Crippen molar-refractivity contribution in [2.75, 3.05) is 14.1 Å². The molecular formula is C16H20N2O4S3. The van der Waals surface area contributed by atoms with Gasteiger partial charge in [0.2, 0.25) is 20.0 Å². The molecule has 0 spiro atoms. The highest BCUT2D eigenvalue weighted by atomic mass is 32.3. The van der Waals surface area contributed by atoms with E-state index in [2.05, 4.69) is 0 Å². The van der Waals surface area contributed by atoms with Crippen molar-refractivity contribution in [1.29, 1.82) is 0 Å². The number of benzene rings is 2. The van der Waals surface area contributed by atoms with E-state index >= 15 is 0 Å². The SMILES string of the molecule is CN(SN(C)S(=O)(=O)Cc1ccccc1)S(=O)(=O)Cc1ccccc1. The summed E-state index contributed by atoms with van der Waals surface area (Å²) >= 11 is 0.643. The predicted octanol–water partition coefficient (Wildman–Crippen LogP) is 2.47. The van der Waals surface area contributed by atoms with Gasteiger partial charge in [-0.25, -0.2) is 16.8 Å². The van der Waals surface area contributed by atoms with Crippen molar-refractivity contribution in [2.45, 2.75) is 11.5 Å². The normalized spacial score (nSPS) is 12.6. The summed E-state index contributed by atoms with van der Waals surface area (Å²) in [4.78, 5) is 0. The quantitative estimate of drug-likeness (QED) is 0.637. The van der Waals surface area contributed by atoms with Gasteiger partial charge >= 0.3 is 0 Å². The van der Waals surface area contributed by atoms with Crippen LogP contribution in [0.5, 0.6) is 0 Å². The lowest BCUT2D eigenvalue weighted by molar-refractivity contribution is 0.551. The molecule has 0 bridgehead atoms. The second kappa shape index (κ2) is 8.33. The molecule has 0 aromatic heterocycles. The molecule has 0 saturated heterocycles.